The molecule has 1 aromatic heterocycles. The van der Waals surface area contributed by atoms with Crippen LogP contribution in [0, 0.1) is 17.4 Å². The second-order valence-electron chi connectivity index (χ2n) is 4.95. The monoisotopic (exact) mass is 411 g/mol. The molecule has 1 heterocycles. The number of nitrogens with one attached hydrogen (secondary N) is 2. The summed E-state index contributed by atoms with van der Waals surface area (Å²) < 4.78 is 2.88. The lowest BCUT2D eigenvalue weighted by Gasteiger charge is -2.08. The van der Waals surface area contributed by atoms with Gasteiger partial charge in [-0.2, -0.15) is 10.2 Å². The quantitative estimate of drug-likeness (QED) is 0.450. The lowest BCUT2D eigenvalue weighted by Crippen LogP contribution is -2.26. The van der Waals surface area contributed by atoms with Crippen LogP contribution >= 0.6 is 22.6 Å². The van der Waals surface area contributed by atoms with Crippen LogP contribution in [0.4, 0.5) is 5.69 Å². The van der Waals surface area contributed by atoms with Crippen LogP contribution in [0.2, 0.25) is 0 Å². The van der Waals surface area contributed by atoms with Crippen molar-refractivity contribution in [3.8, 4) is 0 Å². The third kappa shape index (κ3) is 4.55. The number of amides is 1. The Bertz CT molecular complexity index is 708. The number of carbonyl (C=O) groups is 1. The molecule has 0 aliphatic carbocycles. The molecule has 1 aromatic carbocycles. The van der Waals surface area contributed by atoms with E-state index < -0.39 is 0 Å². The number of aryl methyl sites for hydroxylation is 3. The summed E-state index contributed by atoms with van der Waals surface area (Å²) in [6.45, 7) is 4.07. The van der Waals surface area contributed by atoms with Crippen LogP contribution in [-0.2, 0) is 11.8 Å². The molecule has 116 valence electrons. The SMILES string of the molecule is Cc1cc(I)ccc1NCC(=O)N/N=C/c1cn(C)nc1C. The number of carbonyl (C=O) groups excluding carboxylic acids is 1. The molecule has 2 aromatic rings. The van der Waals surface area contributed by atoms with Crippen LogP contribution < -0.4 is 10.7 Å². The van der Waals surface area contributed by atoms with Gasteiger partial charge in [0.05, 0.1) is 18.5 Å². The lowest BCUT2D eigenvalue weighted by atomic mass is 10.2. The molecule has 0 saturated carbocycles. The fourth-order valence-electron chi connectivity index (χ4n) is 1.96. The maximum absolute atomic E-state index is 11.8. The van der Waals surface area contributed by atoms with Gasteiger partial charge >= 0.3 is 0 Å². The molecule has 0 bridgehead atoms. The molecule has 6 nitrogen and oxygen atoms in total. The second-order valence-corrected chi connectivity index (χ2v) is 6.20. The highest BCUT2D eigenvalue weighted by Gasteiger charge is 2.03. The van der Waals surface area contributed by atoms with Crippen molar-refractivity contribution < 1.29 is 4.79 Å². The van der Waals surface area contributed by atoms with Gasteiger partial charge in [0.2, 0.25) is 0 Å². The Labute approximate surface area is 143 Å². The third-order valence-electron chi connectivity index (χ3n) is 3.07. The summed E-state index contributed by atoms with van der Waals surface area (Å²) in [7, 11) is 1.84. The number of anilines is 1. The van der Waals surface area contributed by atoms with Crippen LogP contribution in [0.15, 0.2) is 29.5 Å². The molecule has 22 heavy (non-hydrogen) atoms. The van der Waals surface area contributed by atoms with Crippen molar-refractivity contribution in [3.05, 3.63) is 44.8 Å². The van der Waals surface area contributed by atoms with Crippen LogP contribution in [0.25, 0.3) is 0 Å². The molecular formula is C15H18IN5O. The molecule has 0 aliphatic rings. The average molecular weight is 411 g/mol. The first-order valence-electron chi connectivity index (χ1n) is 6.78. The number of nitrogens with zero attached hydrogens (tertiary/aromatic N) is 3. The van der Waals surface area contributed by atoms with Gasteiger partial charge < -0.3 is 5.32 Å². The Morgan fingerprint density at radius 1 is 1.45 bits per heavy atom. The second kappa shape index (κ2) is 7.39. The van der Waals surface area contributed by atoms with E-state index in [4.69, 9.17) is 0 Å². The minimum atomic E-state index is -0.198. The van der Waals surface area contributed by atoms with Crippen molar-refractivity contribution in [2.45, 2.75) is 13.8 Å². The van der Waals surface area contributed by atoms with Gasteiger partial charge in [0.15, 0.2) is 0 Å². The van der Waals surface area contributed by atoms with Crippen molar-refractivity contribution in [1.29, 1.82) is 0 Å². The van der Waals surface area contributed by atoms with E-state index in [1.807, 2.05) is 39.2 Å². The van der Waals surface area contributed by atoms with Gasteiger partial charge in [-0.1, -0.05) is 0 Å². The van der Waals surface area contributed by atoms with Gasteiger partial charge in [-0.25, -0.2) is 5.43 Å². The molecule has 1 amide bonds. The predicted octanol–water partition coefficient (Wildman–Crippen LogP) is 2.20. The summed E-state index contributed by atoms with van der Waals surface area (Å²) >= 11 is 2.26. The van der Waals surface area contributed by atoms with E-state index in [-0.39, 0.29) is 12.5 Å². The summed E-state index contributed by atoms with van der Waals surface area (Å²) in [5.41, 5.74) is 6.30. The maximum Gasteiger partial charge on any atom is 0.259 e. The van der Waals surface area contributed by atoms with E-state index in [9.17, 15) is 4.79 Å². The van der Waals surface area contributed by atoms with Crippen molar-refractivity contribution in [2.24, 2.45) is 12.1 Å². The van der Waals surface area contributed by atoms with Crippen molar-refractivity contribution in [2.75, 3.05) is 11.9 Å². The highest BCUT2D eigenvalue weighted by molar-refractivity contribution is 14.1. The van der Waals surface area contributed by atoms with Crippen LogP contribution in [0.5, 0.6) is 0 Å². The van der Waals surface area contributed by atoms with E-state index in [1.165, 1.54) is 3.57 Å². The number of halogens is 1. The Hall–Kier alpha value is -1.90. The Balaban J connectivity index is 1.84. The normalized spacial score (nSPS) is 10.9. The number of rotatable bonds is 5. The van der Waals surface area contributed by atoms with Gasteiger partial charge in [0, 0.05) is 28.1 Å². The summed E-state index contributed by atoms with van der Waals surface area (Å²) in [5, 5.41) is 11.2. The summed E-state index contributed by atoms with van der Waals surface area (Å²) in [4.78, 5) is 11.8. The largest absolute Gasteiger partial charge is 0.376 e. The Morgan fingerprint density at radius 3 is 2.86 bits per heavy atom. The highest BCUT2D eigenvalue weighted by atomic mass is 127. The fourth-order valence-corrected chi connectivity index (χ4v) is 2.61. The van der Waals surface area contributed by atoms with E-state index in [0.717, 1.165) is 22.5 Å². The van der Waals surface area contributed by atoms with Crippen LogP contribution in [-0.4, -0.2) is 28.4 Å². The molecule has 0 saturated heterocycles. The Morgan fingerprint density at radius 2 is 2.23 bits per heavy atom. The van der Waals surface area contributed by atoms with Gasteiger partial charge in [-0.05, 0) is 60.2 Å². The highest BCUT2D eigenvalue weighted by Crippen LogP contribution is 2.17. The van der Waals surface area contributed by atoms with E-state index >= 15 is 0 Å². The van der Waals surface area contributed by atoms with Gasteiger partial charge in [-0.3, -0.25) is 9.48 Å². The zero-order valence-electron chi connectivity index (χ0n) is 12.7. The molecule has 0 atom stereocenters. The molecule has 7 heteroatoms. The zero-order chi connectivity index (χ0) is 16.1. The first-order valence-corrected chi connectivity index (χ1v) is 7.86. The standard InChI is InChI=1S/C15H18IN5O/c1-10-6-13(16)4-5-14(10)17-8-15(22)19-18-7-12-9-21(3)20-11(12)2/h4-7,9,17H,8H2,1-3H3,(H,19,22)/b18-7+. The van der Waals surface area contributed by atoms with Gasteiger partial charge in [0.25, 0.3) is 5.91 Å². The van der Waals surface area contributed by atoms with Crippen molar-refractivity contribution in [1.82, 2.24) is 15.2 Å². The molecule has 0 unspecified atom stereocenters. The average Bonchev–Trinajstić information content (AvgIpc) is 2.76. The van der Waals surface area contributed by atoms with E-state index in [0.29, 0.717) is 0 Å². The number of hydrogen-bond acceptors (Lipinski definition) is 4. The number of hydrogen-bond donors (Lipinski definition) is 2. The molecule has 0 radical (unpaired) electrons. The van der Waals surface area contributed by atoms with Gasteiger partial charge in [0.1, 0.15) is 0 Å². The van der Waals surface area contributed by atoms with E-state index in [2.05, 4.69) is 49.6 Å². The van der Waals surface area contributed by atoms with E-state index in [1.54, 1.807) is 10.9 Å². The number of hydrazone groups is 1. The molecule has 0 spiro atoms. The third-order valence-corrected chi connectivity index (χ3v) is 3.74. The first kappa shape index (κ1) is 16.5. The topological polar surface area (TPSA) is 71.3 Å². The van der Waals surface area contributed by atoms with Crippen LogP contribution in [0.1, 0.15) is 16.8 Å². The number of benzene rings is 1. The van der Waals surface area contributed by atoms with Crippen molar-refractivity contribution >= 4 is 40.4 Å². The molecule has 2 rings (SSSR count). The van der Waals surface area contributed by atoms with Crippen LogP contribution in [0.3, 0.4) is 0 Å². The molecule has 0 fully saturated rings. The first-order chi connectivity index (χ1) is 10.5. The lowest BCUT2D eigenvalue weighted by molar-refractivity contribution is -0.119. The molecule has 0 aliphatic heterocycles. The minimum Gasteiger partial charge on any atom is -0.376 e. The predicted molar refractivity (Wildman–Crippen MR) is 96.1 cm³/mol. The van der Waals surface area contributed by atoms with Crippen molar-refractivity contribution in [3.63, 3.8) is 0 Å². The fraction of sp³-hybridized carbons (Fsp3) is 0.267. The number of aromatic nitrogens is 2. The summed E-state index contributed by atoms with van der Waals surface area (Å²) in [6.07, 6.45) is 3.44. The molecular weight excluding hydrogens is 393 g/mol. The smallest absolute Gasteiger partial charge is 0.259 e. The Kier molecular flexibility index (Phi) is 5.53. The minimum absolute atomic E-state index is 0.171. The molecule has 2 N–H and O–H groups in total. The summed E-state index contributed by atoms with van der Waals surface area (Å²) in [5.74, 6) is -0.198. The zero-order valence-corrected chi connectivity index (χ0v) is 14.9. The maximum atomic E-state index is 11.8. The van der Waals surface area contributed by atoms with Gasteiger partial charge in [-0.15, -0.1) is 0 Å². The summed E-state index contributed by atoms with van der Waals surface area (Å²) in [6, 6.07) is 6.02.